The van der Waals surface area contributed by atoms with Gasteiger partial charge in [0.05, 0.1) is 35.2 Å². The van der Waals surface area contributed by atoms with Crippen LogP contribution in [0.25, 0.3) is 11.3 Å². The molecule has 7 nitrogen and oxygen atoms in total. The first kappa shape index (κ1) is 20.4. The highest BCUT2D eigenvalue weighted by Gasteiger charge is 2.67. The molecule has 33 heavy (non-hydrogen) atoms. The molecule has 168 valence electrons. The van der Waals surface area contributed by atoms with E-state index in [0.717, 1.165) is 11.4 Å². The van der Waals surface area contributed by atoms with Crippen LogP contribution in [0.3, 0.4) is 0 Å². The van der Waals surface area contributed by atoms with Crippen LogP contribution in [-0.4, -0.2) is 35.6 Å². The van der Waals surface area contributed by atoms with Gasteiger partial charge in [-0.3, -0.25) is 9.59 Å². The minimum Gasteiger partial charge on any atom is -0.462 e. The molecule has 8 heteroatoms. The zero-order valence-electron chi connectivity index (χ0n) is 17.8. The number of rotatable bonds is 5. The van der Waals surface area contributed by atoms with E-state index in [1.807, 2.05) is 0 Å². The highest BCUT2D eigenvalue weighted by atomic mass is 35.5. The van der Waals surface area contributed by atoms with E-state index < -0.39 is 5.97 Å². The lowest BCUT2D eigenvalue weighted by atomic mass is 9.63. The number of ether oxygens (including phenoxy) is 1. The molecule has 5 aliphatic rings. The van der Waals surface area contributed by atoms with Crippen LogP contribution in [0.4, 0.5) is 0 Å². The van der Waals surface area contributed by atoms with Crippen molar-refractivity contribution in [2.24, 2.45) is 40.6 Å². The molecule has 2 heterocycles. The van der Waals surface area contributed by atoms with Crippen LogP contribution in [0.5, 0.6) is 0 Å². The smallest absolute Gasteiger partial charge is 0.339 e. The SMILES string of the molecule is CCOC(=O)c1cc(-c2ccc(/C=N\N3C(=O)[C@@H]4[C@H]5C=C[C@@H]([C@@H]6C[C@@H]56)[C@@H]4C3=O)o2)ccc1Cl. The van der Waals surface area contributed by atoms with Crippen molar-refractivity contribution in [1.29, 1.82) is 0 Å². The molecule has 7 rings (SSSR count). The lowest BCUT2D eigenvalue weighted by Gasteiger charge is -2.37. The highest BCUT2D eigenvalue weighted by molar-refractivity contribution is 6.33. The molecule has 2 amide bonds. The van der Waals surface area contributed by atoms with E-state index in [1.54, 1.807) is 37.3 Å². The summed E-state index contributed by atoms with van der Waals surface area (Å²) in [5.41, 5.74) is 0.892. The summed E-state index contributed by atoms with van der Waals surface area (Å²) < 4.78 is 10.9. The number of carbonyl (C=O) groups is 3. The Balaban J connectivity index is 1.22. The van der Waals surface area contributed by atoms with Crippen LogP contribution in [0.2, 0.25) is 5.02 Å². The van der Waals surface area contributed by atoms with E-state index in [2.05, 4.69) is 17.3 Å². The Bertz CT molecular complexity index is 1210. The highest BCUT2D eigenvalue weighted by Crippen LogP contribution is 2.65. The Morgan fingerprint density at radius 3 is 2.52 bits per heavy atom. The van der Waals surface area contributed by atoms with Gasteiger partial charge >= 0.3 is 5.97 Å². The standard InChI is InChI=1S/C25H21ClN2O5/c1-2-32-25(31)18-9-12(3-7-19(18)26)20-8-4-13(33-20)11-27-28-23(29)21-14-5-6-15(17-10-16(14)17)22(21)24(28)30/h3-9,11,14-17,21-22H,2,10H2,1H3/b27-11-/t14-,15-,16-,17-,21-,22+/m0/s1. The van der Waals surface area contributed by atoms with Crippen molar-refractivity contribution in [3.8, 4) is 11.3 Å². The average molecular weight is 465 g/mol. The third-order valence-electron chi connectivity index (χ3n) is 7.31. The summed E-state index contributed by atoms with van der Waals surface area (Å²) in [4.78, 5) is 38.1. The second-order valence-electron chi connectivity index (χ2n) is 9.00. The number of nitrogens with zero attached hydrogens (tertiary/aromatic N) is 2. The molecule has 2 bridgehead atoms. The van der Waals surface area contributed by atoms with Crippen molar-refractivity contribution in [2.45, 2.75) is 13.3 Å². The molecule has 1 saturated heterocycles. The van der Waals surface area contributed by atoms with Gasteiger partial charge in [0.25, 0.3) is 11.8 Å². The Hall–Kier alpha value is -3.19. The maximum absolute atomic E-state index is 13.0. The molecule has 1 aliphatic heterocycles. The molecular weight excluding hydrogens is 444 g/mol. The second kappa shape index (κ2) is 7.42. The number of esters is 1. The van der Waals surface area contributed by atoms with Gasteiger partial charge in [-0.05, 0) is 67.3 Å². The molecule has 1 aromatic carbocycles. The Morgan fingerprint density at radius 1 is 1.15 bits per heavy atom. The fourth-order valence-corrected chi connectivity index (χ4v) is 5.99. The van der Waals surface area contributed by atoms with Gasteiger partial charge in [0.1, 0.15) is 11.5 Å². The summed E-state index contributed by atoms with van der Waals surface area (Å²) >= 11 is 6.13. The number of benzene rings is 1. The lowest BCUT2D eigenvalue weighted by molar-refractivity contribution is -0.140. The minimum atomic E-state index is -0.508. The molecule has 2 aromatic rings. The number of carbonyl (C=O) groups excluding carboxylic acids is 3. The summed E-state index contributed by atoms with van der Waals surface area (Å²) in [5.74, 6) is 0.806. The maximum atomic E-state index is 13.0. The van der Waals surface area contributed by atoms with Gasteiger partial charge in [-0.15, -0.1) is 0 Å². The fourth-order valence-electron chi connectivity index (χ4n) is 5.79. The first-order valence-corrected chi connectivity index (χ1v) is 11.5. The van der Waals surface area contributed by atoms with E-state index in [9.17, 15) is 14.4 Å². The van der Waals surface area contributed by atoms with Gasteiger partial charge in [0.2, 0.25) is 0 Å². The Kier molecular flexibility index (Phi) is 4.59. The van der Waals surface area contributed by atoms with Crippen molar-refractivity contribution in [1.82, 2.24) is 5.01 Å². The van der Waals surface area contributed by atoms with Crippen LogP contribution >= 0.6 is 11.6 Å². The van der Waals surface area contributed by atoms with Gasteiger partial charge in [-0.25, -0.2) is 4.79 Å². The molecule has 6 atom stereocenters. The Morgan fingerprint density at radius 2 is 1.85 bits per heavy atom. The number of hydrogen-bond donors (Lipinski definition) is 0. The van der Waals surface area contributed by atoms with Crippen molar-refractivity contribution in [3.05, 3.63) is 58.8 Å². The summed E-state index contributed by atoms with van der Waals surface area (Å²) in [5, 5.41) is 5.52. The van der Waals surface area contributed by atoms with Gasteiger partial charge in [-0.2, -0.15) is 10.1 Å². The predicted octanol–water partition coefficient (Wildman–Crippen LogP) is 4.16. The van der Waals surface area contributed by atoms with Crippen molar-refractivity contribution in [2.75, 3.05) is 6.61 Å². The summed E-state index contributed by atoms with van der Waals surface area (Å²) in [6, 6.07) is 8.36. The van der Waals surface area contributed by atoms with Crippen LogP contribution in [0.1, 0.15) is 29.5 Å². The van der Waals surface area contributed by atoms with Gasteiger partial charge < -0.3 is 9.15 Å². The van der Waals surface area contributed by atoms with Crippen molar-refractivity contribution >= 4 is 35.6 Å². The molecule has 3 fully saturated rings. The van der Waals surface area contributed by atoms with Crippen molar-refractivity contribution < 1.29 is 23.5 Å². The largest absolute Gasteiger partial charge is 0.462 e. The molecule has 4 aliphatic carbocycles. The number of amides is 2. The second-order valence-corrected chi connectivity index (χ2v) is 9.41. The summed E-state index contributed by atoms with van der Waals surface area (Å²) in [6.45, 7) is 1.97. The summed E-state index contributed by atoms with van der Waals surface area (Å²) in [7, 11) is 0. The maximum Gasteiger partial charge on any atom is 0.339 e. The quantitative estimate of drug-likeness (QED) is 0.287. The molecule has 2 saturated carbocycles. The number of hydrogen-bond acceptors (Lipinski definition) is 6. The van der Waals surface area contributed by atoms with E-state index in [4.69, 9.17) is 20.8 Å². The van der Waals surface area contributed by atoms with Gasteiger partial charge in [0, 0.05) is 5.56 Å². The van der Waals surface area contributed by atoms with Crippen LogP contribution < -0.4 is 0 Å². The molecular formula is C25H21ClN2O5. The van der Waals surface area contributed by atoms with Gasteiger partial charge in [0.15, 0.2) is 0 Å². The summed E-state index contributed by atoms with van der Waals surface area (Å²) in [6.07, 6.45) is 6.77. The van der Waals surface area contributed by atoms with E-state index in [0.29, 0.717) is 33.9 Å². The third-order valence-corrected chi connectivity index (χ3v) is 7.64. The predicted molar refractivity (Wildman–Crippen MR) is 119 cm³/mol. The molecule has 0 radical (unpaired) electrons. The van der Waals surface area contributed by atoms with Crippen molar-refractivity contribution in [3.63, 3.8) is 0 Å². The lowest BCUT2D eigenvalue weighted by Crippen LogP contribution is -2.40. The number of allylic oxidation sites excluding steroid dienone is 2. The normalized spacial score (nSPS) is 31.3. The molecule has 1 aromatic heterocycles. The van der Waals surface area contributed by atoms with E-state index in [-0.39, 0.29) is 47.7 Å². The number of imide groups is 1. The average Bonchev–Trinajstić information content (AvgIpc) is 3.45. The fraction of sp³-hybridized carbons (Fsp3) is 0.360. The molecule has 0 N–H and O–H groups in total. The molecule has 0 spiro atoms. The number of hydrazone groups is 1. The van der Waals surface area contributed by atoms with Crippen LogP contribution in [0.15, 0.2) is 52.0 Å². The zero-order valence-corrected chi connectivity index (χ0v) is 18.6. The number of halogens is 1. The zero-order chi connectivity index (χ0) is 22.9. The molecule has 0 unspecified atom stereocenters. The van der Waals surface area contributed by atoms with Crippen LogP contribution in [0, 0.1) is 35.5 Å². The first-order valence-electron chi connectivity index (χ1n) is 11.1. The topological polar surface area (TPSA) is 89.2 Å². The van der Waals surface area contributed by atoms with Crippen LogP contribution in [-0.2, 0) is 14.3 Å². The Labute approximate surface area is 195 Å². The monoisotopic (exact) mass is 464 g/mol. The third kappa shape index (κ3) is 3.09. The van der Waals surface area contributed by atoms with E-state index in [1.165, 1.54) is 6.21 Å². The first-order chi connectivity index (χ1) is 16.0. The number of furan rings is 1. The minimum absolute atomic E-state index is 0.162. The van der Waals surface area contributed by atoms with E-state index >= 15 is 0 Å². The van der Waals surface area contributed by atoms with Gasteiger partial charge in [-0.1, -0.05) is 23.8 Å².